The van der Waals surface area contributed by atoms with Crippen LogP contribution in [0.15, 0.2) is 72.9 Å². The molecule has 1 unspecified atom stereocenters. The van der Waals surface area contributed by atoms with Gasteiger partial charge in [0.15, 0.2) is 17.6 Å². The van der Waals surface area contributed by atoms with Crippen molar-refractivity contribution in [3.8, 4) is 11.3 Å². The van der Waals surface area contributed by atoms with Gasteiger partial charge in [0.05, 0.1) is 11.2 Å². The Labute approximate surface area is 166 Å². The molecule has 0 fully saturated rings. The lowest BCUT2D eigenvalue weighted by Crippen LogP contribution is -2.05. The number of hydrogen-bond donors (Lipinski definition) is 0. The maximum atomic E-state index is 15.4. The molecule has 0 radical (unpaired) electrons. The van der Waals surface area contributed by atoms with Crippen molar-refractivity contribution in [3.05, 3.63) is 89.9 Å². The molecule has 0 amide bonds. The van der Waals surface area contributed by atoms with E-state index in [-0.39, 0.29) is 5.82 Å². The molecule has 5 rings (SSSR count). The molecule has 29 heavy (non-hydrogen) atoms. The number of rotatable bonds is 4. The molecule has 0 saturated carbocycles. The van der Waals surface area contributed by atoms with Gasteiger partial charge < -0.3 is 0 Å². The highest BCUT2D eigenvalue weighted by Crippen LogP contribution is 2.28. The van der Waals surface area contributed by atoms with Crippen molar-refractivity contribution in [3.63, 3.8) is 0 Å². The number of pyridine rings is 1. The van der Waals surface area contributed by atoms with Gasteiger partial charge in [0.25, 0.3) is 0 Å². The fourth-order valence-corrected chi connectivity index (χ4v) is 3.47. The van der Waals surface area contributed by atoms with Crippen LogP contribution in [0.25, 0.3) is 27.8 Å². The maximum absolute atomic E-state index is 15.4. The molecule has 0 saturated heterocycles. The van der Waals surface area contributed by atoms with Crippen LogP contribution in [-0.4, -0.2) is 24.8 Å². The summed E-state index contributed by atoms with van der Waals surface area (Å²) in [5, 5.41) is 13.7. The summed E-state index contributed by atoms with van der Waals surface area (Å²) in [5.74, 6) is 0.164. The fraction of sp³-hybridized carbons (Fsp3) is 0.130. The van der Waals surface area contributed by atoms with Gasteiger partial charge in [-0.1, -0.05) is 37.3 Å². The van der Waals surface area contributed by atoms with Crippen LogP contribution >= 0.6 is 0 Å². The van der Waals surface area contributed by atoms with Gasteiger partial charge in [-0.05, 0) is 53.9 Å². The predicted molar refractivity (Wildman–Crippen MR) is 110 cm³/mol. The largest absolute Gasteiger partial charge is 0.256 e. The molecule has 0 N–H and O–H groups in total. The second kappa shape index (κ2) is 7.05. The zero-order valence-corrected chi connectivity index (χ0v) is 15.8. The molecule has 0 aliphatic carbocycles. The van der Waals surface area contributed by atoms with E-state index >= 15 is 4.39 Å². The van der Waals surface area contributed by atoms with E-state index < -0.39 is 6.17 Å². The highest BCUT2D eigenvalue weighted by Gasteiger charge is 2.21. The molecule has 1 atom stereocenters. The van der Waals surface area contributed by atoms with Gasteiger partial charge in [-0.2, -0.15) is 9.61 Å². The molecule has 5 aromatic rings. The molecule has 142 valence electrons. The quantitative estimate of drug-likeness (QED) is 0.440. The first-order valence-corrected chi connectivity index (χ1v) is 9.53. The third kappa shape index (κ3) is 3.12. The fourth-order valence-electron chi connectivity index (χ4n) is 3.47. The van der Waals surface area contributed by atoms with Crippen molar-refractivity contribution in [2.75, 3.05) is 0 Å². The van der Waals surface area contributed by atoms with Crippen molar-refractivity contribution in [2.45, 2.75) is 19.5 Å². The summed E-state index contributed by atoms with van der Waals surface area (Å²) in [4.78, 5) is 4.29. The van der Waals surface area contributed by atoms with Crippen molar-refractivity contribution in [1.29, 1.82) is 0 Å². The summed E-state index contributed by atoms with van der Waals surface area (Å²) >= 11 is 0. The van der Waals surface area contributed by atoms with E-state index in [9.17, 15) is 0 Å². The molecule has 2 aromatic carbocycles. The van der Waals surface area contributed by atoms with Crippen LogP contribution in [0.5, 0.6) is 0 Å². The molecule has 0 aliphatic heterocycles. The summed E-state index contributed by atoms with van der Waals surface area (Å²) in [6.07, 6.45) is 1.22. The van der Waals surface area contributed by atoms with E-state index in [4.69, 9.17) is 0 Å². The average molecular weight is 383 g/mol. The van der Waals surface area contributed by atoms with Crippen molar-refractivity contribution in [1.82, 2.24) is 24.8 Å². The van der Waals surface area contributed by atoms with Gasteiger partial charge in [-0.3, -0.25) is 4.98 Å². The van der Waals surface area contributed by atoms with Crippen LogP contribution in [0.3, 0.4) is 0 Å². The van der Waals surface area contributed by atoms with E-state index in [1.165, 1.54) is 10.1 Å². The van der Waals surface area contributed by atoms with Crippen molar-refractivity contribution in [2.24, 2.45) is 0 Å². The van der Waals surface area contributed by atoms with Gasteiger partial charge in [0.1, 0.15) is 0 Å². The minimum Gasteiger partial charge on any atom is -0.256 e. The number of fused-ring (bicyclic) bond motifs is 2. The van der Waals surface area contributed by atoms with Crippen LogP contribution in [0.1, 0.15) is 30.0 Å². The summed E-state index contributed by atoms with van der Waals surface area (Å²) in [5.41, 5.74) is 4.80. The van der Waals surface area contributed by atoms with Crippen LogP contribution < -0.4 is 0 Å². The van der Waals surface area contributed by atoms with Gasteiger partial charge in [-0.15, -0.1) is 10.2 Å². The van der Waals surface area contributed by atoms with E-state index in [0.717, 1.165) is 28.6 Å². The smallest absolute Gasteiger partial charge is 0.193 e. The zero-order valence-electron chi connectivity index (χ0n) is 15.8. The Morgan fingerprint density at radius 1 is 0.966 bits per heavy atom. The Hall–Kier alpha value is -3.67. The second-order valence-electron chi connectivity index (χ2n) is 6.92. The Balaban J connectivity index is 1.58. The Kier molecular flexibility index (Phi) is 4.24. The second-order valence-corrected chi connectivity index (χ2v) is 6.92. The number of alkyl halides is 1. The van der Waals surface area contributed by atoms with Crippen LogP contribution in [0.2, 0.25) is 0 Å². The first-order valence-electron chi connectivity index (χ1n) is 9.53. The normalized spacial score (nSPS) is 12.5. The molecule has 0 bridgehead atoms. The monoisotopic (exact) mass is 383 g/mol. The van der Waals surface area contributed by atoms with Crippen molar-refractivity contribution >= 4 is 16.6 Å². The van der Waals surface area contributed by atoms with Crippen LogP contribution in [0, 0.1) is 0 Å². The lowest BCUT2D eigenvalue weighted by molar-refractivity contribution is 0.377. The number of aromatic nitrogens is 5. The third-order valence-electron chi connectivity index (χ3n) is 5.06. The number of hydrogen-bond acceptors (Lipinski definition) is 4. The Morgan fingerprint density at radius 3 is 2.79 bits per heavy atom. The molecule has 3 aromatic heterocycles. The lowest BCUT2D eigenvalue weighted by atomic mass is 10.1. The first kappa shape index (κ1) is 17.4. The summed E-state index contributed by atoms with van der Waals surface area (Å²) in [7, 11) is 0. The van der Waals surface area contributed by atoms with Gasteiger partial charge >= 0.3 is 0 Å². The van der Waals surface area contributed by atoms with Gasteiger partial charge in [0, 0.05) is 17.1 Å². The van der Waals surface area contributed by atoms with E-state index in [2.05, 4.69) is 39.3 Å². The molecular weight excluding hydrogens is 365 g/mol. The van der Waals surface area contributed by atoms with E-state index in [0.29, 0.717) is 11.2 Å². The molecule has 6 heteroatoms. The number of aryl methyl sites for hydroxylation is 1. The molecular formula is C23H18FN5. The Bertz CT molecular complexity index is 1330. The van der Waals surface area contributed by atoms with E-state index in [1.54, 1.807) is 18.3 Å². The molecule has 5 nitrogen and oxygen atoms in total. The van der Waals surface area contributed by atoms with Crippen molar-refractivity contribution < 1.29 is 4.39 Å². The topological polar surface area (TPSA) is 56.0 Å². The third-order valence-corrected chi connectivity index (χ3v) is 5.06. The van der Waals surface area contributed by atoms with Gasteiger partial charge in [-0.25, -0.2) is 4.39 Å². The number of nitrogens with zero attached hydrogens (tertiary/aromatic N) is 5. The summed E-state index contributed by atoms with van der Waals surface area (Å²) in [6, 6.07) is 21.0. The molecule has 3 heterocycles. The summed E-state index contributed by atoms with van der Waals surface area (Å²) in [6.45, 7) is 2.11. The number of benzene rings is 2. The standard InChI is InChI=1S/C23H18FN5/c1-2-15-5-3-6-16(13-15)20-10-11-21-26-27-23(29(21)28-20)22(24)18-8-9-19-17(14-18)7-4-12-25-19/h3-14,22H,2H2,1H3. The minimum absolute atomic E-state index is 0.164. The lowest BCUT2D eigenvalue weighted by Gasteiger charge is -2.09. The average Bonchev–Trinajstić information content (AvgIpc) is 3.21. The SMILES string of the molecule is CCc1cccc(-c2ccc3nnc(C(F)c4ccc5ncccc5c4)n3n2)c1. The highest BCUT2D eigenvalue weighted by atomic mass is 19.1. The van der Waals surface area contributed by atoms with Gasteiger partial charge in [0.2, 0.25) is 0 Å². The zero-order chi connectivity index (χ0) is 19.8. The first-order chi connectivity index (χ1) is 14.2. The molecule has 0 aliphatic rings. The van der Waals surface area contributed by atoms with E-state index in [1.807, 2.05) is 42.5 Å². The predicted octanol–water partition coefficient (Wildman–Crippen LogP) is 4.96. The maximum Gasteiger partial charge on any atom is 0.193 e. The van der Waals surface area contributed by atoms with Crippen LogP contribution in [0.4, 0.5) is 4.39 Å². The highest BCUT2D eigenvalue weighted by molar-refractivity contribution is 5.79. The summed E-state index contributed by atoms with van der Waals surface area (Å²) < 4.78 is 16.9. The Morgan fingerprint density at radius 2 is 1.90 bits per heavy atom. The molecule has 0 spiro atoms. The number of halogens is 1. The van der Waals surface area contributed by atoms with Crippen LogP contribution in [-0.2, 0) is 6.42 Å². The minimum atomic E-state index is -1.45.